The number of nitrogens with zero attached hydrogens (tertiary/aromatic N) is 1. The molecule has 7 heteroatoms. The first-order valence-corrected chi connectivity index (χ1v) is 9.11. The standard InChI is InChI=1S/C21H20ClNO5/c1-14-20(15(2)28-23-14)13-27-19-7-3-16(4-8-19)21(24)26-12-11-25-18-9-5-17(22)6-10-18/h3-10H,11-13H2,1-2H3. The van der Waals surface area contributed by atoms with E-state index >= 15 is 0 Å². The minimum Gasteiger partial charge on any atom is -0.490 e. The van der Waals surface area contributed by atoms with Crippen molar-refractivity contribution in [1.82, 2.24) is 5.16 Å². The molecule has 0 fully saturated rings. The van der Waals surface area contributed by atoms with E-state index in [4.69, 9.17) is 30.3 Å². The maximum atomic E-state index is 12.1. The quantitative estimate of drug-likeness (QED) is 0.400. The van der Waals surface area contributed by atoms with Gasteiger partial charge in [0.15, 0.2) is 0 Å². The molecule has 6 nitrogen and oxygen atoms in total. The van der Waals surface area contributed by atoms with Gasteiger partial charge in [-0.25, -0.2) is 4.79 Å². The fraction of sp³-hybridized carbons (Fsp3) is 0.238. The van der Waals surface area contributed by atoms with E-state index in [2.05, 4.69) is 5.16 Å². The van der Waals surface area contributed by atoms with Crippen LogP contribution in [0.1, 0.15) is 27.4 Å². The first-order chi connectivity index (χ1) is 13.5. The van der Waals surface area contributed by atoms with E-state index in [-0.39, 0.29) is 13.2 Å². The summed E-state index contributed by atoms with van der Waals surface area (Å²) in [7, 11) is 0. The molecule has 0 aliphatic heterocycles. The van der Waals surface area contributed by atoms with Crippen molar-refractivity contribution in [3.63, 3.8) is 0 Å². The Morgan fingerprint density at radius 3 is 2.25 bits per heavy atom. The Bertz CT molecular complexity index is 899. The van der Waals surface area contributed by atoms with Gasteiger partial charge in [-0.2, -0.15) is 0 Å². The van der Waals surface area contributed by atoms with Gasteiger partial charge in [-0.3, -0.25) is 0 Å². The van der Waals surface area contributed by atoms with Crippen molar-refractivity contribution in [3.8, 4) is 11.5 Å². The summed E-state index contributed by atoms with van der Waals surface area (Å²) in [6.07, 6.45) is 0. The second kappa shape index (κ2) is 9.28. The molecule has 0 amide bonds. The minimum atomic E-state index is -0.419. The lowest BCUT2D eigenvalue weighted by Gasteiger charge is -2.09. The van der Waals surface area contributed by atoms with Gasteiger partial charge in [0.05, 0.1) is 16.8 Å². The van der Waals surface area contributed by atoms with Crippen LogP contribution in [0.5, 0.6) is 11.5 Å². The third kappa shape index (κ3) is 5.27. The second-order valence-electron chi connectivity index (χ2n) is 6.05. The topological polar surface area (TPSA) is 70.8 Å². The zero-order valence-electron chi connectivity index (χ0n) is 15.6. The molecule has 0 bridgehead atoms. The van der Waals surface area contributed by atoms with Gasteiger partial charge in [0.2, 0.25) is 0 Å². The molecule has 0 atom stereocenters. The first-order valence-electron chi connectivity index (χ1n) is 8.73. The van der Waals surface area contributed by atoms with E-state index in [9.17, 15) is 4.79 Å². The molecule has 146 valence electrons. The maximum Gasteiger partial charge on any atom is 0.338 e. The lowest BCUT2D eigenvalue weighted by Crippen LogP contribution is -2.12. The van der Waals surface area contributed by atoms with Crippen molar-refractivity contribution in [3.05, 3.63) is 76.1 Å². The van der Waals surface area contributed by atoms with E-state index < -0.39 is 5.97 Å². The maximum absolute atomic E-state index is 12.1. The number of hydrogen-bond donors (Lipinski definition) is 0. The Morgan fingerprint density at radius 1 is 0.964 bits per heavy atom. The van der Waals surface area contributed by atoms with Crippen LogP contribution in [0.3, 0.4) is 0 Å². The molecular weight excluding hydrogens is 382 g/mol. The van der Waals surface area contributed by atoms with Crippen LogP contribution in [0.2, 0.25) is 5.02 Å². The largest absolute Gasteiger partial charge is 0.490 e. The summed E-state index contributed by atoms with van der Waals surface area (Å²) < 4.78 is 21.5. The van der Waals surface area contributed by atoms with E-state index in [0.717, 1.165) is 17.0 Å². The first kappa shape index (κ1) is 19.8. The highest BCUT2D eigenvalue weighted by Crippen LogP contribution is 2.18. The number of carbonyl (C=O) groups excluding carboxylic acids is 1. The molecule has 3 rings (SSSR count). The van der Waals surface area contributed by atoms with Crippen molar-refractivity contribution in [2.45, 2.75) is 20.5 Å². The summed E-state index contributed by atoms with van der Waals surface area (Å²) in [5.41, 5.74) is 2.17. The van der Waals surface area contributed by atoms with Crippen LogP contribution >= 0.6 is 11.6 Å². The van der Waals surface area contributed by atoms with Crippen molar-refractivity contribution in [2.75, 3.05) is 13.2 Å². The van der Waals surface area contributed by atoms with Crippen LogP contribution < -0.4 is 9.47 Å². The number of halogens is 1. The number of rotatable bonds is 8. The number of hydrogen-bond acceptors (Lipinski definition) is 6. The summed E-state index contributed by atoms with van der Waals surface area (Å²) in [4.78, 5) is 12.1. The van der Waals surface area contributed by atoms with E-state index in [0.29, 0.717) is 28.7 Å². The van der Waals surface area contributed by atoms with Crippen molar-refractivity contribution < 1.29 is 23.5 Å². The summed E-state index contributed by atoms with van der Waals surface area (Å²) in [6.45, 7) is 4.46. The average molecular weight is 402 g/mol. The fourth-order valence-electron chi connectivity index (χ4n) is 2.46. The highest BCUT2D eigenvalue weighted by atomic mass is 35.5. The third-order valence-corrected chi connectivity index (χ3v) is 4.31. The molecule has 2 aromatic carbocycles. The van der Waals surface area contributed by atoms with E-state index in [1.165, 1.54) is 0 Å². The van der Waals surface area contributed by atoms with E-state index in [1.54, 1.807) is 48.5 Å². The SMILES string of the molecule is Cc1noc(C)c1COc1ccc(C(=O)OCCOc2ccc(Cl)cc2)cc1. The smallest absolute Gasteiger partial charge is 0.338 e. The van der Waals surface area contributed by atoms with Crippen LogP contribution in [0, 0.1) is 13.8 Å². The fourth-order valence-corrected chi connectivity index (χ4v) is 2.58. The van der Waals surface area contributed by atoms with Crippen molar-refractivity contribution in [1.29, 1.82) is 0 Å². The van der Waals surface area contributed by atoms with Gasteiger partial charge in [0.25, 0.3) is 0 Å². The average Bonchev–Trinajstić information content (AvgIpc) is 3.03. The number of carbonyl (C=O) groups is 1. The minimum absolute atomic E-state index is 0.145. The van der Waals surface area contributed by atoms with Gasteiger partial charge in [-0.05, 0) is 62.4 Å². The van der Waals surface area contributed by atoms with Crippen LogP contribution in [-0.2, 0) is 11.3 Å². The van der Waals surface area contributed by atoms with E-state index in [1.807, 2.05) is 13.8 Å². The number of benzene rings is 2. The lowest BCUT2D eigenvalue weighted by atomic mass is 10.2. The molecule has 0 radical (unpaired) electrons. The molecule has 0 unspecified atom stereocenters. The Hall–Kier alpha value is -2.99. The summed E-state index contributed by atoms with van der Waals surface area (Å²) in [6, 6.07) is 13.7. The molecule has 0 saturated heterocycles. The molecule has 0 N–H and O–H groups in total. The molecule has 1 heterocycles. The Labute approximate surface area is 168 Å². The van der Waals surface area contributed by atoms with Gasteiger partial charge in [0.1, 0.15) is 37.1 Å². The molecular formula is C21H20ClNO5. The van der Waals surface area contributed by atoms with Gasteiger partial charge in [-0.15, -0.1) is 0 Å². The normalized spacial score (nSPS) is 10.5. The predicted molar refractivity (Wildman–Crippen MR) is 104 cm³/mol. The van der Waals surface area contributed by atoms with Crippen molar-refractivity contribution in [2.24, 2.45) is 0 Å². The van der Waals surface area contributed by atoms with Crippen LogP contribution in [0.15, 0.2) is 53.1 Å². The summed E-state index contributed by atoms with van der Waals surface area (Å²) >= 11 is 5.81. The molecule has 1 aromatic heterocycles. The monoisotopic (exact) mass is 401 g/mol. The zero-order valence-corrected chi connectivity index (χ0v) is 16.4. The second-order valence-corrected chi connectivity index (χ2v) is 6.49. The Morgan fingerprint density at radius 2 is 1.61 bits per heavy atom. The molecule has 0 saturated carbocycles. The van der Waals surface area contributed by atoms with Crippen molar-refractivity contribution >= 4 is 17.6 Å². The van der Waals surface area contributed by atoms with Crippen LogP contribution in [0.4, 0.5) is 0 Å². The molecule has 0 aliphatic carbocycles. The highest BCUT2D eigenvalue weighted by molar-refractivity contribution is 6.30. The highest BCUT2D eigenvalue weighted by Gasteiger charge is 2.11. The lowest BCUT2D eigenvalue weighted by molar-refractivity contribution is 0.0450. The molecule has 0 spiro atoms. The van der Waals surface area contributed by atoms with Gasteiger partial charge < -0.3 is 18.7 Å². The summed E-state index contributed by atoms with van der Waals surface area (Å²) in [5.74, 6) is 1.62. The molecule has 0 aliphatic rings. The van der Waals surface area contributed by atoms with Gasteiger partial charge in [-0.1, -0.05) is 16.8 Å². The number of esters is 1. The number of aromatic nitrogens is 1. The zero-order chi connectivity index (χ0) is 19.9. The van der Waals surface area contributed by atoms with Gasteiger partial charge in [0, 0.05) is 5.02 Å². The Kier molecular flexibility index (Phi) is 6.55. The van der Waals surface area contributed by atoms with Crippen LogP contribution in [-0.4, -0.2) is 24.3 Å². The summed E-state index contributed by atoms with van der Waals surface area (Å²) in [5, 5.41) is 4.53. The van der Waals surface area contributed by atoms with Gasteiger partial charge >= 0.3 is 5.97 Å². The third-order valence-electron chi connectivity index (χ3n) is 4.05. The number of aryl methyl sites for hydroxylation is 2. The number of ether oxygens (including phenoxy) is 3. The molecule has 3 aromatic rings. The Balaban J connectivity index is 1.43. The van der Waals surface area contributed by atoms with Crippen LogP contribution in [0.25, 0.3) is 0 Å². The molecule has 28 heavy (non-hydrogen) atoms. The predicted octanol–water partition coefficient (Wildman–Crippen LogP) is 4.76.